The Morgan fingerprint density at radius 3 is 2.85 bits per heavy atom. The van der Waals surface area contributed by atoms with E-state index >= 15 is 0 Å². The molecule has 1 N–H and O–H groups in total. The first-order chi connectivity index (χ1) is 6.16. The third-order valence-electron chi connectivity index (χ3n) is 1.33. The zero-order valence-electron chi connectivity index (χ0n) is 6.28. The number of hydrogen-bond acceptors (Lipinski definition) is 4. The fraction of sp³-hybridized carbons (Fsp3) is 0. The van der Waals surface area contributed by atoms with Crippen LogP contribution in [-0.4, -0.2) is 10.0 Å². The van der Waals surface area contributed by atoms with Gasteiger partial charge in [0.25, 0.3) is 0 Å². The van der Waals surface area contributed by atoms with Gasteiger partial charge in [0.05, 0.1) is 4.92 Å². The van der Waals surface area contributed by atoms with E-state index in [9.17, 15) is 10.1 Å². The van der Waals surface area contributed by atoms with E-state index < -0.39 is 16.4 Å². The molecular weight excluding hydrogens is 176 g/mol. The third kappa shape index (κ3) is 1.66. The number of phenolic OH excluding ortho intramolecular Hbond substituents is 1. The highest BCUT2D eigenvalue weighted by atomic mass is 16.6. The normalized spacial score (nSPS) is 8.92. The molecule has 0 aliphatic heterocycles. The van der Waals surface area contributed by atoms with Gasteiger partial charge in [0.2, 0.25) is 0 Å². The van der Waals surface area contributed by atoms with Crippen molar-refractivity contribution >= 4 is 11.4 Å². The Hall–Kier alpha value is -2.27. The average molecular weight is 180 g/mol. The molecule has 13 heavy (non-hydrogen) atoms. The molecule has 0 atom stereocenters. The van der Waals surface area contributed by atoms with E-state index in [0.717, 1.165) is 6.07 Å². The van der Waals surface area contributed by atoms with E-state index in [2.05, 4.69) is 10.0 Å². The highest BCUT2D eigenvalue weighted by Gasteiger charge is 2.17. The Kier molecular flexibility index (Phi) is 2.32. The van der Waals surface area contributed by atoms with Crippen molar-refractivity contribution in [2.75, 3.05) is 0 Å². The Bertz CT molecular complexity index is 397. The van der Waals surface area contributed by atoms with Gasteiger partial charge in [0.1, 0.15) is 5.69 Å². The second-order valence-electron chi connectivity index (χ2n) is 2.09. The summed E-state index contributed by atoms with van der Waals surface area (Å²) in [7, 11) is 0. The van der Waals surface area contributed by atoms with Crippen LogP contribution in [0, 0.1) is 10.1 Å². The minimum absolute atomic E-state index is 0.201. The van der Waals surface area contributed by atoms with Crippen LogP contribution in [0.1, 0.15) is 0 Å². The smallest absolute Gasteiger partial charge is 0.320 e. The molecule has 7 nitrogen and oxygen atoms in total. The Labute approximate surface area is 72.0 Å². The first kappa shape index (κ1) is 8.82. The lowest BCUT2D eigenvalue weighted by Crippen LogP contribution is -1.88. The number of phenols is 1. The lowest BCUT2D eigenvalue weighted by molar-refractivity contribution is -0.385. The van der Waals surface area contributed by atoms with E-state index in [1.165, 1.54) is 12.1 Å². The van der Waals surface area contributed by atoms with Crippen LogP contribution in [-0.2, 0) is 0 Å². The second kappa shape index (κ2) is 3.42. The van der Waals surface area contributed by atoms with Crippen LogP contribution in [0.3, 0.4) is 0 Å². The molecule has 0 radical (unpaired) electrons. The monoisotopic (exact) mass is 180 g/mol. The number of nitro groups is 1. The maximum absolute atomic E-state index is 10.4. The molecule has 0 unspecified atom stereocenters. The first-order valence-corrected chi connectivity index (χ1v) is 3.18. The van der Waals surface area contributed by atoms with E-state index in [4.69, 9.17) is 10.6 Å². The summed E-state index contributed by atoms with van der Waals surface area (Å²) in [5.74, 6) is -0.519. The van der Waals surface area contributed by atoms with Crippen LogP contribution >= 0.6 is 0 Å². The van der Waals surface area contributed by atoms with E-state index in [1.807, 2.05) is 0 Å². The third-order valence-corrected chi connectivity index (χ3v) is 1.33. The molecule has 66 valence electrons. The van der Waals surface area contributed by atoms with Gasteiger partial charge in [-0.2, -0.15) is 0 Å². The van der Waals surface area contributed by atoms with Gasteiger partial charge in [-0.15, -0.1) is 0 Å². The highest BCUT2D eigenvalue weighted by Crippen LogP contribution is 2.35. The summed E-state index contributed by atoms with van der Waals surface area (Å²) in [5, 5.41) is 22.5. The van der Waals surface area contributed by atoms with Gasteiger partial charge in [0.15, 0.2) is 5.75 Å². The van der Waals surface area contributed by atoms with Crippen molar-refractivity contribution in [3.63, 3.8) is 0 Å². The number of aromatic hydroxyl groups is 1. The van der Waals surface area contributed by atoms with Crippen molar-refractivity contribution in [3.8, 4) is 5.75 Å². The lowest BCUT2D eigenvalue weighted by atomic mass is 10.2. The van der Waals surface area contributed by atoms with Crippen molar-refractivity contribution in [1.29, 1.82) is 0 Å². The topological polar surface area (TPSA) is 112 Å². The predicted molar refractivity (Wildman–Crippen MR) is 43.6 cm³/mol. The van der Waals surface area contributed by atoms with Crippen molar-refractivity contribution in [1.82, 2.24) is 0 Å². The minimum atomic E-state index is -0.806. The zero-order chi connectivity index (χ0) is 9.84. The lowest BCUT2D eigenvalue weighted by Gasteiger charge is -1.97. The molecule has 0 aliphatic rings. The van der Waals surface area contributed by atoms with Crippen LogP contribution in [0.2, 0.25) is 0 Å². The summed E-state index contributed by atoms with van der Waals surface area (Å²) in [5.41, 5.74) is 7.29. The number of nitro benzene ring substituents is 1. The number of benzene rings is 1. The molecule has 0 amide bonds. The predicted octanol–water partition coefficient (Wildman–Crippen LogP) is 2.24. The Morgan fingerprint density at radius 2 is 2.31 bits per heavy atom. The zero-order valence-corrected chi connectivity index (χ0v) is 6.28. The summed E-state index contributed by atoms with van der Waals surface area (Å²) in [4.78, 5) is 12.0. The van der Waals surface area contributed by atoms with Gasteiger partial charge in [-0.25, -0.2) is 0 Å². The summed E-state index contributed by atoms with van der Waals surface area (Å²) in [6.07, 6.45) is 0. The fourth-order valence-corrected chi connectivity index (χ4v) is 0.835. The van der Waals surface area contributed by atoms with Gasteiger partial charge in [0, 0.05) is 4.91 Å². The molecule has 7 heteroatoms. The fourth-order valence-electron chi connectivity index (χ4n) is 0.835. The van der Waals surface area contributed by atoms with Crippen LogP contribution in [0.4, 0.5) is 11.4 Å². The Balaban J connectivity index is 3.42. The van der Waals surface area contributed by atoms with Crippen LogP contribution < -0.4 is 0 Å². The summed E-state index contributed by atoms with van der Waals surface area (Å²) in [6.45, 7) is 0. The van der Waals surface area contributed by atoms with Crippen molar-refractivity contribution < 1.29 is 10.0 Å². The van der Waals surface area contributed by atoms with Gasteiger partial charge in [-0.1, -0.05) is 11.2 Å². The van der Waals surface area contributed by atoms with Gasteiger partial charge in [-0.3, -0.25) is 10.1 Å². The van der Waals surface area contributed by atoms with E-state index in [-0.39, 0.29) is 5.69 Å². The minimum Gasteiger partial charge on any atom is -0.502 e. The quantitative estimate of drug-likeness (QED) is 0.247. The summed E-state index contributed by atoms with van der Waals surface area (Å²) in [6, 6.07) is 3.75. The molecule has 0 aromatic heterocycles. The second-order valence-corrected chi connectivity index (χ2v) is 2.09. The first-order valence-electron chi connectivity index (χ1n) is 3.18. The molecular formula is C6H4N4O3. The molecule has 1 aromatic carbocycles. The Morgan fingerprint density at radius 1 is 1.62 bits per heavy atom. The number of nitrogens with zero attached hydrogens (tertiary/aromatic N) is 4. The highest BCUT2D eigenvalue weighted by molar-refractivity contribution is 5.64. The van der Waals surface area contributed by atoms with E-state index in [0.29, 0.717) is 0 Å². The number of rotatable bonds is 2. The van der Waals surface area contributed by atoms with Gasteiger partial charge in [-0.05, 0) is 17.7 Å². The van der Waals surface area contributed by atoms with E-state index in [1.54, 1.807) is 0 Å². The summed E-state index contributed by atoms with van der Waals surface area (Å²) < 4.78 is 0. The largest absolute Gasteiger partial charge is 0.502 e. The van der Waals surface area contributed by atoms with Gasteiger partial charge < -0.3 is 5.11 Å². The van der Waals surface area contributed by atoms with Crippen LogP contribution in [0.25, 0.3) is 10.4 Å². The maximum Gasteiger partial charge on any atom is 0.320 e. The van der Waals surface area contributed by atoms with Crippen molar-refractivity contribution in [2.45, 2.75) is 0 Å². The average Bonchev–Trinajstić information content (AvgIpc) is 2.04. The molecule has 1 rings (SSSR count). The number of para-hydroxylation sites is 1. The number of azide groups is 1. The van der Waals surface area contributed by atoms with Crippen molar-refractivity contribution in [3.05, 3.63) is 38.8 Å². The SMILES string of the molecule is [N-]=[N+]=Nc1cccc(O)c1[N+](=O)[O-]. The molecule has 0 aliphatic carbocycles. The molecule has 0 fully saturated rings. The van der Waals surface area contributed by atoms with Gasteiger partial charge >= 0.3 is 5.69 Å². The molecule has 0 bridgehead atoms. The molecule has 0 heterocycles. The van der Waals surface area contributed by atoms with Crippen LogP contribution in [0.15, 0.2) is 23.3 Å². The summed E-state index contributed by atoms with van der Waals surface area (Å²) >= 11 is 0. The van der Waals surface area contributed by atoms with Crippen molar-refractivity contribution in [2.24, 2.45) is 5.11 Å². The molecule has 0 spiro atoms. The molecule has 1 aromatic rings. The maximum atomic E-state index is 10.4. The van der Waals surface area contributed by atoms with Crippen LogP contribution in [0.5, 0.6) is 5.75 Å². The molecule has 0 saturated carbocycles. The number of hydrogen-bond donors (Lipinski definition) is 1. The molecule has 0 saturated heterocycles. The standard InChI is InChI=1S/C6H4N4O3/c7-9-8-4-2-1-3-5(11)6(4)10(12)13/h1-3,11H.